The highest BCUT2D eigenvalue weighted by molar-refractivity contribution is 5.93. The molecule has 0 aliphatic heterocycles. The van der Waals surface area contributed by atoms with Gasteiger partial charge in [-0.25, -0.2) is 4.39 Å². The number of carbonyl (C=O) groups is 1. The van der Waals surface area contributed by atoms with Crippen LogP contribution in [0, 0.1) is 5.82 Å². The van der Waals surface area contributed by atoms with Crippen molar-refractivity contribution in [2.45, 2.75) is 0 Å². The molecule has 0 saturated carbocycles. The summed E-state index contributed by atoms with van der Waals surface area (Å²) in [4.78, 5) is 10.6. The van der Waals surface area contributed by atoms with Crippen molar-refractivity contribution in [2.24, 2.45) is 5.73 Å². The number of amides is 1. The predicted molar refractivity (Wildman–Crippen MR) is 44.5 cm³/mol. The summed E-state index contributed by atoms with van der Waals surface area (Å²) in [7, 11) is 1.67. The number of halogens is 1. The molecule has 64 valence electrons. The molecule has 0 aliphatic carbocycles. The van der Waals surface area contributed by atoms with Gasteiger partial charge in [-0.05, 0) is 18.2 Å². The maximum atomic E-state index is 12.9. The van der Waals surface area contributed by atoms with Gasteiger partial charge in [-0.15, -0.1) is 0 Å². The second-order valence-corrected chi connectivity index (χ2v) is 2.31. The molecule has 0 aliphatic rings. The molecule has 3 N–H and O–H groups in total. The Balaban J connectivity index is 3.12. The van der Waals surface area contributed by atoms with Gasteiger partial charge >= 0.3 is 0 Å². The van der Waals surface area contributed by atoms with Gasteiger partial charge in [-0.3, -0.25) is 4.79 Å². The lowest BCUT2D eigenvalue weighted by Gasteiger charge is -2.01. The average molecular weight is 168 g/mol. The van der Waals surface area contributed by atoms with Crippen LogP contribution in [0.2, 0.25) is 0 Å². The van der Waals surface area contributed by atoms with Crippen LogP contribution >= 0.6 is 0 Å². The normalized spacial score (nSPS) is 9.50. The van der Waals surface area contributed by atoms with Gasteiger partial charge in [0, 0.05) is 12.7 Å². The molecule has 1 aromatic rings. The molecule has 4 heteroatoms. The van der Waals surface area contributed by atoms with E-state index in [1.165, 1.54) is 12.1 Å². The number of primary amides is 1. The average Bonchev–Trinajstić information content (AvgIpc) is 2.03. The second-order valence-electron chi connectivity index (χ2n) is 2.31. The van der Waals surface area contributed by atoms with E-state index in [1.807, 2.05) is 0 Å². The van der Waals surface area contributed by atoms with E-state index in [9.17, 15) is 9.18 Å². The van der Waals surface area contributed by atoms with Crippen LogP contribution in [0.4, 0.5) is 10.1 Å². The topological polar surface area (TPSA) is 55.1 Å². The summed E-state index contributed by atoms with van der Waals surface area (Å²) in [5.74, 6) is -1.36. The molecular formula is C8H9FN2O. The maximum Gasteiger partial charge on any atom is 0.251 e. The zero-order valence-electron chi connectivity index (χ0n) is 6.60. The number of hydrogen-bond donors (Lipinski definition) is 2. The van der Waals surface area contributed by atoms with Crippen molar-refractivity contribution in [1.82, 2.24) is 0 Å². The highest BCUT2D eigenvalue weighted by Crippen LogP contribution is 2.12. The zero-order valence-corrected chi connectivity index (χ0v) is 6.60. The molecule has 0 saturated heterocycles. The third-order valence-corrected chi connectivity index (χ3v) is 1.52. The number of benzene rings is 1. The number of anilines is 1. The first-order valence-electron chi connectivity index (χ1n) is 3.42. The van der Waals surface area contributed by atoms with E-state index in [-0.39, 0.29) is 5.56 Å². The monoisotopic (exact) mass is 168 g/mol. The first kappa shape index (κ1) is 8.52. The van der Waals surface area contributed by atoms with Crippen LogP contribution in [0.3, 0.4) is 0 Å². The summed E-state index contributed by atoms with van der Waals surface area (Å²) >= 11 is 0. The van der Waals surface area contributed by atoms with E-state index in [0.717, 1.165) is 0 Å². The minimum absolute atomic E-state index is 0.0889. The molecule has 0 unspecified atom stereocenters. The smallest absolute Gasteiger partial charge is 0.251 e. The molecule has 0 bridgehead atoms. The Hall–Kier alpha value is -1.58. The van der Waals surface area contributed by atoms with E-state index < -0.39 is 11.7 Å². The molecule has 12 heavy (non-hydrogen) atoms. The third-order valence-electron chi connectivity index (χ3n) is 1.52. The van der Waals surface area contributed by atoms with Crippen LogP contribution < -0.4 is 11.1 Å². The van der Waals surface area contributed by atoms with Crippen LogP contribution in [0.25, 0.3) is 0 Å². The fourth-order valence-corrected chi connectivity index (χ4v) is 0.870. The quantitative estimate of drug-likeness (QED) is 0.691. The minimum atomic E-state index is -0.754. The fraction of sp³-hybridized carbons (Fsp3) is 0.125. The molecule has 3 nitrogen and oxygen atoms in total. The van der Waals surface area contributed by atoms with Crippen LogP contribution in [0.15, 0.2) is 18.2 Å². The number of nitrogens with one attached hydrogen (secondary N) is 1. The van der Waals surface area contributed by atoms with Crippen LogP contribution in [-0.2, 0) is 0 Å². The van der Waals surface area contributed by atoms with Gasteiger partial charge in [0.25, 0.3) is 5.91 Å². The van der Waals surface area contributed by atoms with Gasteiger partial charge in [0.1, 0.15) is 5.82 Å². The van der Waals surface area contributed by atoms with Crippen LogP contribution in [-0.4, -0.2) is 13.0 Å². The lowest BCUT2D eigenvalue weighted by Crippen LogP contribution is -2.13. The predicted octanol–water partition coefficient (Wildman–Crippen LogP) is 0.966. The van der Waals surface area contributed by atoms with Crippen molar-refractivity contribution < 1.29 is 9.18 Å². The Kier molecular flexibility index (Phi) is 2.28. The van der Waals surface area contributed by atoms with E-state index in [4.69, 9.17) is 5.73 Å². The summed E-state index contributed by atoms with van der Waals surface area (Å²) < 4.78 is 12.9. The molecule has 0 atom stereocenters. The van der Waals surface area contributed by atoms with Gasteiger partial charge in [0.2, 0.25) is 0 Å². The number of hydrogen-bond acceptors (Lipinski definition) is 2. The van der Waals surface area contributed by atoms with Gasteiger partial charge < -0.3 is 11.1 Å². The first-order chi connectivity index (χ1) is 5.65. The lowest BCUT2D eigenvalue weighted by molar-refractivity contribution is 0.0996. The SMILES string of the molecule is CNc1ccc(C(N)=O)c(F)c1. The van der Waals surface area contributed by atoms with Gasteiger partial charge in [0.15, 0.2) is 0 Å². The molecule has 0 aromatic heterocycles. The highest BCUT2D eigenvalue weighted by atomic mass is 19.1. The highest BCUT2D eigenvalue weighted by Gasteiger charge is 2.07. The molecule has 0 heterocycles. The molecule has 0 spiro atoms. The molecule has 1 rings (SSSR count). The van der Waals surface area contributed by atoms with Gasteiger partial charge in [-0.2, -0.15) is 0 Å². The van der Waals surface area contributed by atoms with E-state index in [0.29, 0.717) is 5.69 Å². The Morgan fingerprint density at radius 1 is 1.58 bits per heavy atom. The Morgan fingerprint density at radius 3 is 2.67 bits per heavy atom. The fourth-order valence-electron chi connectivity index (χ4n) is 0.870. The van der Waals surface area contributed by atoms with Crippen LogP contribution in [0.1, 0.15) is 10.4 Å². The summed E-state index contributed by atoms with van der Waals surface area (Å²) in [6.45, 7) is 0. The second kappa shape index (κ2) is 3.21. The van der Waals surface area contributed by atoms with Crippen LogP contribution in [0.5, 0.6) is 0 Å². The molecule has 0 radical (unpaired) electrons. The van der Waals surface area contributed by atoms with E-state index in [2.05, 4.69) is 5.32 Å². The molecular weight excluding hydrogens is 159 g/mol. The lowest BCUT2D eigenvalue weighted by atomic mass is 10.2. The largest absolute Gasteiger partial charge is 0.388 e. The van der Waals surface area contributed by atoms with Crippen molar-refractivity contribution in [3.63, 3.8) is 0 Å². The maximum absolute atomic E-state index is 12.9. The van der Waals surface area contributed by atoms with Gasteiger partial charge in [-0.1, -0.05) is 0 Å². The van der Waals surface area contributed by atoms with Crippen molar-refractivity contribution in [1.29, 1.82) is 0 Å². The first-order valence-corrected chi connectivity index (χ1v) is 3.42. The number of nitrogens with two attached hydrogens (primary N) is 1. The third kappa shape index (κ3) is 1.53. The zero-order chi connectivity index (χ0) is 9.14. The minimum Gasteiger partial charge on any atom is -0.388 e. The van der Waals surface area contributed by atoms with Crippen molar-refractivity contribution in [3.05, 3.63) is 29.6 Å². The standard InChI is InChI=1S/C8H9FN2O/c1-11-5-2-3-6(8(10)12)7(9)4-5/h2-4,11H,1H3,(H2,10,12). The number of carbonyl (C=O) groups excluding carboxylic acids is 1. The summed E-state index contributed by atoms with van der Waals surface area (Å²) in [5, 5.41) is 2.74. The Bertz CT molecular complexity index is 312. The van der Waals surface area contributed by atoms with Crippen molar-refractivity contribution in [2.75, 3.05) is 12.4 Å². The Morgan fingerprint density at radius 2 is 2.25 bits per heavy atom. The summed E-state index contributed by atoms with van der Waals surface area (Å²) in [6, 6.07) is 4.16. The van der Waals surface area contributed by atoms with E-state index in [1.54, 1.807) is 13.1 Å². The molecule has 1 amide bonds. The van der Waals surface area contributed by atoms with Gasteiger partial charge in [0.05, 0.1) is 5.56 Å². The molecule has 0 fully saturated rings. The van der Waals surface area contributed by atoms with E-state index >= 15 is 0 Å². The number of rotatable bonds is 2. The van der Waals surface area contributed by atoms with Crippen molar-refractivity contribution in [3.8, 4) is 0 Å². The summed E-state index contributed by atoms with van der Waals surface area (Å²) in [5.41, 5.74) is 5.43. The molecule has 1 aromatic carbocycles. The van der Waals surface area contributed by atoms with Crippen molar-refractivity contribution >= 4 is 11.6 Å². The Labute approximate surface area is 69.4 Å². The summed E-state index contributed by atoms with van der Waals surface area (Å²) in [6.07, 6.45) is 0.